The van der Waals surface area contributed by atoms with Gasteiger partial charge in [-0.05, 0) is 12.8 Å². The molecule has 6 nitrogen and oxygen atoms in total. The lowest BCUT2D eigenvalue weighted by atomic mass is 10.1. The van der Waals surface area contributed by atoms with Crippen molar-refractivity contribution in [1.29, 1.82) is 0 Å². The van der Waals surface area contributed by atoms with E-state index < -0.39 is 0 Å². The molecule has 0 atom stereocenters. The summed E-state index contributed by atoms with van der Waals surface area (Å²) < 4.78 is 5.22. The van der Waals surface area contributed by atoms with Gasteiger partial charge in [0.2, 0.25) is 11.8 Å². The number of hydrogen-bond donors (Lipinski definition) is 2. The fourth-order valence-corrected chi connectivity index (χ4v) is 3.24. The second-order valence-electron chi connectivity index (χ2n) is 6.49. The number of rotatable bonds is 7. The fraction of sp³-hybridized carbons (Fsp3) is 0.882. The van der Waals surface area contributed by atoms with Crippen molar-refractivity contribution in [2.45, 2.75) is 57.4 Å². The van der Waals surface area contributed by atoms with Gasteiger partial charge in [-0.3, -0.25) is 9.59 Å². The molecule has 23 heavy (non-hydrogen) atoms. The Balaban J connectivity index is 1.50. The molecule has 0 aromatic carbocycles. The van der Waals surface area contributed by atoms with Crippen molar-refractivity contribution in [1.82, 2.24) is 15.5 Å². The number of nitrogens with zero attached hydrogens (tertiary/aromatic N) is 1. The van der Waals surface area contributed by atoms with E-state index in [-0.39, 0.29) is 18.2 Å². The van der Waals surface area contributed by atoms with Crippen molar-refractivity contribution in [3.63, 3.8) is 0 Å². The molecule has 0 aromatic rings. The first-order valence-electron chi connectivity index (χ1n) is 9.11. The second kappa shape index (κ2) is 10.6. The molecular weight excluding hydrogens is 294 g/mol. The third kappa shape index (κ3) is 7.31. The van der Waals surface area contributed by atoms with E-state index >= 15 is 0 Å². The van der Waals surface area contributed by atoms with Crippen molar-refractivity contribution in [2.24, 2.45) is 0 Å². The summed E-state index contributed by atoms with van der Waals surface area (Å²) in [4.78, 5) is 25.5. The Morgan fingerprint density at radius 1 is 0.957 bits per heavy atom. The summed E-state index contributed by atoms with van der Waals surface area (Å²) in [6, 6.07) is 0.609. The molecule has 2 aliphatic rings. The molecule has 1 heterocycles. The van der Waals surface area contributed by atoms with Crippen LogP contribution in [0, 0.1) is 0 Å². The highest BCUT2D eigenvalue weighted by molar-refractivity contribution is 5.83. The van der Waals surface area contributed by atoms with Crippen LogP contribution in [-0.4, -0.2) is 62.1 Å². The van der Waals surface area contributed by atoms with Gasteiger partial charge in [0, 0.05) is 45.1 Å². The van der Waals surface area contributed by atoms with Crippen molar-refractivity contribution >= 4 is 11.8 Å². The molecule has 0 spiro atoms. The summed E-state index contributed by atoms with van der Waals surface area (Å²) in [5, 5.41) is 6.43. The van der Waals surface area contributed by atoms with Crippen molar-refractivity contribution < 1.29 is 14.3 Å². The lowest BCUT2D eigenvalue weighted by molar-refractivity contribution is -0.137. The molecule has 1 aliphatic heterocycles. The Kier molecular flexibility index (Phi) is 8.39. The highest BCUT2D eigenvalue weighted by Crippen LogP contribution is 2.16. The van der Waals surface area contributed by atoms with E-state index in [4.69, 9.17) is 4.74 Å². The summed E-state index contributed by atoms with van der Waals surface area (Å²) in [5.74, 6) is 0.0225. The molecule has 0 aromatic heterocycles. The van der Waals surface area contributed by atoms with Gasteiger partial charge in [0.1, 0.15) is 0 Å². The topological polar surface area (TPSA) is 70.7 Å². The zero-order chi connectivity index (χ0) is 16.3. The first-order valence-corrected chi connectivity index (χ1v) is 9.11. The number of amides is 2. The van der Waals surface area contributed by atoms with E-state index in [1.165, 1.54) is 38.5 Å². The van der Waals surface area contributed by atoms with Gasteiger partial charge in [0.25, 0.3) is 0 Å². The number of ether oxygens (including phenoxy) is 1. The minimum Gasteiger partial charge on any atom is -0.378 e. The van der Waals surface area contributed by atoms with E-state index in [0.29, 0.717) is 45.3 Å². The van der Waals surface area contributed by atoms with Crippen LogP contribution in [0.25, 0.3) is 0 Å². The standard InChI is InChI=1S/C17H31N3O3/c21-16(7-8-17(22)20-11-13-23-14-12-20)19-10-9-18-15-5-3-1-2-4-6-15/h15,18H,1-14H2,(H,19,21). The van der Waals surface area contributed by atoms with Gasteiger partial charge < -0.3 is 20.3 Å². The van der Waals surface area contributed by atoms with Crippen molar-refractivity contribution in [3.8, 4) is 0 Å². The molecule has 2 amide bonds. The third-order valence-electron chi connectivity index (χ3n) is 4.67. The number of hydrogen-bond acceptors (Lipinski definition) is 4. The Bertz CT molecular complexity index is 362. The molecule has 2 rings (SSSR count). The third-order valence-corrected chi connectivity index (χ3v) is 4.67. The Labute approximate surface area is 139 Å². The van der Waals surface area contributed by atoms with Crippen molar-refractivity contribution in [2.75, 3.05) is 39.4 Å². The molecule has 1 saturated carbocycles. The molecular formula is C17H31N3O3. The molecule has 6 heteroatoms. The Morgan fingerprint density at radius 2 is 1.65 bits per heavy atom. The average molecular weight is 325 g/mol. The van der Waals surface area contributed by atoms with Gasteiger partial charge >= 0.3 is 0 Å². The van der Waals surface area contributed by atoms with Crippen LogP contribution in [0.2, 0.25) is 0 Å². The van der Waals surface area contributed by atoms with Crippen molar-refractivity contribution in [3.05, 3.63) is 0 Å². The van der Waals surface area contributed by atoms with Crippen LogP contribution in [0.5, 0.6) is 0 Å². The first kappa shape index (κ1) is 18.2. The smallest absolute Gasteiger partial charge is 0.223 e. The number of nitrogens with one attached hydrogen (secondary N) is 2. The highest BCUT2D eigenvalue weighted by atomic mass is 16.5. The molecule has 1 aliphatic carbocycles. The number of carbonyl (C=O) groups is 2. The van der Waals surface area contributed by atoms with Gasteiger partial charge in [-0.1, -0.05) is 25.7 Å². The molecule has 0 bridgehead atoms. The molecule has 1 saturated heterocycles. The first-order chi connectivity index (χ1) is 11.3. The summed E-state index contributed by atoms with van der Waals surface area (Å²) >= 11 is 0. The number of morpholine rings is 1. The monoisotopic (exact) mass is 325 g/mol. The normalized spacial score (nSPS) is 20.1. The largest absolute Gasteiger partial charge is 0.378 e. The van der Waals surface area contributed by atoms with E-state index in [1.54, 1.807) is 4.90 Å². The highest BCUT2D eigenvalue weighted by Gasteiger charge is 2.17. The van der Waals surface area contributed by atoms with E-state index in [9.17, 15) is 9.59 Å². The Hall–Kier alpha value is -1.14. The van der Waals surface area contributed by atoms with E-state index in [2.05, 4.69) is 10.6 Å². The summed E-state index contributed by atoms with van der Waals surface area (Å²) in [6.07, 6.45) is 8.41. The van der Waals surface area contributed by atoms with Crippen LogP contribution >= 0.6 is 0 Å². The van der Waals surface area contributed by atoms with Gasteiger partial charge in [-0.2, -0.15) is 0 Å². The molecule has 2 N–H and O–H groups in total. The zero-order valence-electron chi connectivity index (χ0n) is 14.1. The predicted molar refractivity (Wildman–Crippen MR) is 89.1 cm³/mol. The van der Waals surface area contributed by atoms with Crippen LogP contribution < -0.4 is 10.6 Å². The van der Waals surface area contributed by atoms with E-state index in [1.807, 2.05) is 0 Å². The van der Waals surface area contributed by atoms with Gasteiger partial charge in [0.15, 0.2) is 0 Å². The summed E-state index contributed by atoms with van der Waals surface area (Å²) in [5.41, 5.74) is 0. The maximum Gasteiger partial charge on any atom is 0.223 e. The van der Waals surface area contributed by atoms with Crippen LogP contribution in [0.1, 0.15) is 51.4 Å². The molecule has 0 radical (unpaired) electrons. The maximum atomic E-state index is 11.9. The lowest BCUT2D eigenvalue weighted by Crippen LogP contribution is -2.41. The predicted octanol–water partition coefficient (Wildman–Crippen LogP) is 1.05. The van der Waals surface area contributed by atoms with Crippen LogP contribution in [-0.2, 0) is 14.3 Å². The van der Waals surface area contributed by atoms with Gasteiger partial charge in [0.05, 0.1) is 13.2 Å². The minimum atomic E-state index is -0.0331. The number of carbonyl (C=O) groups excluding carboxylic acids is 2. The lowest BCUT2D eigenvalue weighted by Gasteiger charge is -2.26. The molecule has 2 fully saturated rings. The van der Waals surface area contributed by atoms with Crippen LogP contribution in [0.15, 0.2) is 0 Å². The van der Waals surface area contributed by atoms with Crippen LogP contribution in [0.4, 0.5) is 0 Å². The van der Waals surface area contributed by atoms with Crippen LogP contribution in [0.3, 0.4) is 0 Å². The molecule has 0 unspecified atom stereocenters. The average Bonchev–Trinajstić information content (AvgIpc) is 2.86. The Morgan fingerprint density at radius 3 is 2.35 bits per heavy atom. The van der Waals surface area contributed by atoms with E-state index in [0.717, 1.165) is 6.54 Å². The maximum absolute atomic E-state index is 11.9. The molecule has 132 valence electrons. The zero-order valence-corrected chi connectivity index (χ0v) is 14.1. The fourth-order valence-electron chi connectivity index (χ4n) is 3.24. The van der Waals surface area contributed by atoms with Gasteiger partial charge in [-0.15, -0.1) is 0 Å². The second-order valence-corrected chi connectivity index (χ2v) is 6.49. The summed E-state index contributed by atoms with van der Waals surface area (Å²) in [7, 11) is 0. The summed E-state index contributed by atoms with van der Waals surface area (Å²) in [6.45, 7) is 3.95. The van der Waals surface area contributed by atoms with Gasteiger partial charge in [-0.25, -0.2) is 0 Å². The quantitative estimate of drug-likeness (QED) is 0.542. The minimum absolute atomic E-state index is 0.0331. The SMILES string of the molecule is O=C(CCC(=O)N1CCOCC1)NCCNC1CCCCCC1.